The number of imide groups is 2. The maximum atomic E-state index is 13.0. The van der Waals surface area contributed by atoms with Gasteiger partial charge in [-0.25, -0.2) is 9.69 Å². The van der Waals surface area contributed by atoms with Crippen molar-refractivity contribution in [2.45, 2.75) is 0 Å². The standard InChI is InChI=1S/C21H13BrClN3O3/c22-13-3-1-4-17(11-13)26-20(28)18(19(27)24-21(26)29)12-16-5-2-10-25(16)15-8-6-14(23)7-9-15/h1-12H,(H,24,27,29)/b18-12+. The van der Waals surface area contributed by atoms with Gasteiger partial charge in [0.1, 0.15) is 5.57 Å². The first-order chi connectivity index (χ1) is 13.9. The van der Waals surface area contributed by atoms with Crippen LogP contribution in [-0.2, 0) is 9.59 Å². The third-order valence-electron chi connectivity index (χ3n) is 4.35. The molecule has 0 atom stereocenters. The van der Waals surface area contributed by atoms with E-state index in [0.29, 0.717) is 20.9 Å². The van der Waals surface area contributed by atoms with Crippen LogP contribution < -0.4 is 10.2 Å². The van der Waals surface area contributed by atoms with E-state index in [-0.39, 0.29) is 5.57 Å². The molecule has 1 N–H and O–H groups in total. The van der Waals surface area contributed by atoms with Crippen LogP contribution in [-0.4, -0.2) is 22.4 Å². The fourth-order valence-electron chi connectivity index (χ4n) is 3.00. The first-order valence-corrected chi connectivity index (χ1v) is 9.71. The van der Waals surface area contributed by atoms with Crippen LogP contribution in [0.5, 0.6) is 0 Å². The highest BCUT2D eigenvalue weighted by atomic mass is 79.9. The minimum absolute atomic E-state index is 0.140. The Bertz CT molecular complexity index is 1170. The number of benzene rings is 2. The summed E-state index contributed by atoms with van der Waals surface area (Å²) in [5.74, 6) is -1.43. The first kappa shape index (κ1) is 19.2. The Balaban J connectivity index is 1.75. The second-order valence-corrected chi connectivity index (χ2v) is 7.57. The molecule has 6 nitrogen and oxygen atoms in total. The molecule has 0 radical (unpaired) electrons. The molecule has 0 unspecified atom stereocenters. The molecule has 1 fully saturated rings. The molecule has 29 heavy (non-hydrogen) atoms. The Hall–Kier alpha value is -3.16. The van der Waals surface area contributed by atoms with Crippen LogP contribution in [0.2, 0.25) is 5.02 Å². The Morgan fingerprint density at radius 2 is 1.69 bits per heavy atom. The molecular weight excluding hydrogens is 458 g/mol. The minimum atomic E-state index is -0.789. The van der Waals surface area contributed by atoms with E-state index in [2.05, 4.69) is 21.2 Å². The Morgan fingerprint density at radius 1 is 0.931 bits per heavy atom. The summed E-state index contributed by atoms with van der Waals surface area (Å²) in [6.07, 6.45) is 3.27. The van der Waals surface area contributed by atoms with Gasteiger partial charge >= 0.3 is 6.03 Å². The number of nitrogens with one attached hydrogen (secondary N) is 1. The lowest BCUT2D eigenvalue weighted by atomic mass is 10.1. The fourth-order valence-corrected chi connectivity index (χ4v) is 3.52. The molecule has 1 aromatic heterocycles. The van der Waals surface area contributed by atoms with Gasteiger partial charge in [-0.15, -0.1) is 0 Å². The molecule has 0 bridgehead atoms. The Morgan fingerprint density at radius 3 is 2.41 bits per heavy atom. The number of amides is 4. The predicted molar refractivity (Wildman–Crippen MR) is 114 cm³/mol. The van der Waals surface area contributed by atoms with Gasteiger partial charge in [0.15, 0.2) is 0 Å². The summed E-state index contributed by atoms with van der Waals surface area (Å²) < 4.78 is 2.51. The van der Waals surface area contributed by atoms with Crippen molar-refractivity contribution in [3.63, 3.8) is 0 Å². The number of halogens is 2. The minimum Gasteiger partial charge on any atom is -0.317 e. The van der Waals surface area contributed by atoms with Gasteiger partial charge in [0.25, 0.3) is 11.8 Å². The van der Waals surface area contributed by atoms with Crippen molar-refractivity contribution in [1.82, 2.24) is 9.88 Å². The molecule has 1 saturated heterocycles. The van der Waals surface area contributed by atoms with Crippen LogP contribution in [0.4, 0.5) is 10.5 Å². The monoisotopic (exact) mass is 469 g/mol. The summed E-state index contributed by atoms with van der Waals surface area (Å²) in [6, 6.07) is 16.6. The van der Waals surface area contributed by atoms with E-state index < -0.39 is 17.8 Å². The van der Waals surface area contributed by atoms with Crippen molar-refractivity contribution in [2.75, 3.05) is 4.90 Å². The molecule has 0 spiro atoms. The summed E-state index contributed by atoms with van der Waals surface area (Å²) in [7, 11) is 0. The van der Waals surface area contributed by atoms with Gasteiger partial charge in [0, 0.05) is 27.1 Å². The highest BCUT2D eigenvalue weighted by Crippen LogP contribution is 2.25. The first-order valence-electron chi connectivity index (χ1n) is 8.54. The van der Waals surface area contributed by atoms with Crippen molar-refractivity contribution in [3.05, 3.63) is 87.6 Å². The van der Waals surface area contributed by atoms with Crippen LogP contribution in [0.1, 0.15) is 5.69 Å². The number of carbonyl (C=O) groups is 3. The summed E-state index contributed by atoms with van der Waals surface area (Å²) in [5.41, 5.74) is 1.64. The van der Waals surface area contributed by atoms with Gasteiger partial charge in [-0.1, -0.05) is 33.6 Å². The maximum absolute atomic E-state index is 13.0. The number of carbonyl (C=O) groups excluding carboxylic acids is 3. The second kappa shape index (κ2) is 7.69. The quantitative estimate of drug-likeness (QED) is 0.451. The number of hydrogen-bond acceptors (Lipinski definition) is 3. The molecule has 4 amide bonds. The predicted octanol–water partition coefficient (Wildman–Crippen LogP) is 4.56. The van der Waals surface area contributed by atoms with E-state index in [0.717, 1.165) is 10.6 Å². The number of urea groups is 1. The summed E-state index contributed by atoms with van der Waals surface area (Å²) in [4.78, 5) is 38.7. The average molecular weight is 471 g/mol. The maximum Gasteiger partial charge on any atom is 0.335 e. The second-order valence-electron chi connectivity index (χ2n) is 6.22. The molecule has 2 aromatic carbocycles. The lowest BCUT2D eigenvalue weighted by Gasteiger charge is -2.26. The van der Waals surface area contributed by atoms with Crippen LogP contribution in [0.15, 0.2) is 76.9 Å². The zero-order valence-corrected chi connectivity index (χ0v) is 17.1. The van der Waals surface area contributed by atoms with E-state index in [1.807, 2.05) is 16.7 Å². The van der Waals surface area contributed by atoms with E-state index in [1.165, 1.54) is 6.08 Å². The zero-order valence-electron chi connectivity index (χ0n) is 14.8. The van der Waals surface area contributed by atoms with Gasteiger partial charge in [0.2, 0.25) is 0 Å². The molecule has 0 saturated carbocycles. The van der Waals surface area contributed by atoms with Gasteiger partial charge in [-0.3, -0.25) is 14.9 Å². The van der Waals surface area contributed by atoms with Gasteiger partial charge in [-0.2, -0.15) is 0 Å². The van der Waals surface area contributed by atoms with Gasteiger partial charge in [-0.05, 0) is 60.7 Å². The number of aromatic nitrogens is 1. The molecule has 3 aromatic rings. The highest BCUT2D eigenvalue weighted by molar-refractivity contribution is 9.10. The molecule has 1 aliphatic rings. The van der Waals surface area contributed by atoms with Crippen molar-refractivity contribution in [3.8, 4) is 5.69 Å². The summed E-state index contributed by atoms with van der Waals surface area (Å²) in [6.45, 7) is 0. The molecule has 4 rings (SSSR count). The topological polar surface area (TPSA) is 71.4 Å². The van der Waals surface area contributed by atoms with Crippen molar-refractivity contribution < 1.29 is 14.4 Å². The molecular formula is C21H13BrClN3O3. The molecule has 8 heteroatoms. The molecule has 1 aliphatic heterocycles. The van der Waals surface area contributed by atoms with Crippen molar-refractivity contribution >= 4 is 57.1 Å². The van der Waals surface area contributed by atoms with Crippen molar-refractivity contribution in [1.29, 1.82) is 0 Å². The van der Waals surface area contributed by atoms with E-state index in [9.17, 15) is 14.4 Å². The summed E-state index contributed by atoms with van der Waals surface area (Å²) in [5, 5.41) is 2.83. The smallest absolute Gasteiger partial charge is 0.317 e. The van der Waals surface area contributed by atoms with Gasteiger partial charge < -0.3 is 4.57 Å². The van der Waals surface area contributed by atoms with E-state index in [1.54, 1.807) is 54.7 Å². The SMILES string of the molecule is O=C1NC(=O)N(c2cccc(Br)c2)C(=O)/C1=C/c1cccn1-c1ccc(Cl)cc1. The lowest BCUT2D eigenvalue weighted by molar-refractivity contribution is -0.122. The van der Waals surface area contributed by atoms with Crippen molar-refractivity contribution in [2.24, 2.45) is 0 Å². The van der Waals surface area contributed by atoms with Crippen LogP contribution in [0, 0.1) is 0 Å². The number of nitrogens with zero attached hydrogens (tertiary/aromatic N) is 2. The molecule has 0 aliphatic carbocycles. The van der Waals surface area contributed by atoms with Crippen LogP contribution in [0.25, 0.3) is 11.8 Å². The van der Waals surface area contributed by atoms with Gasteiger partial charge in [0.05, 0.1) is 5.69 Å². The van der Waals surface area contributed by atoms with Crippen LogP contribution in [0.3, 0.4) is 0 Å². The fraction of sp³-hybridized carbons (Fsp3) is 0. The third kappa shape index (κ3) is 3.74. The van der Waals surface area contributed by atoms with Crippen LogP contribution >= 0.6 is 27.5 Å². The Labute approximate surface area is 179 Å². The summed E-state index contributed by atoms with van der Waals surface area (Å²) >= 11 is 9.27. The highest BCUT2D eigenvalue weighted by Gasteiger charge is 2.37. The largest absolute Gasteiger partial charge is 0.335 e. The third-order valence-corrected chi connectivity index (χ3v) is 5.09. The Kier molecular flexibility index (Phi) is 5.08. The zero-order chi connectivity index (χ0) is 20.5. The number of rotatable bonds is 3. The molecule has 144 valence electrons. The normalized spacial score (nSPS) is 15.7. The molecule has 2 heterocycles. The average Bonchev–Trinajstić information content (AvgIpc) is 3.14. The number of hydrogen-bond donors (Lipinski definition) is 1. The lowest BCUT2D eigenvalue weighted by Crippen LogP contribution is -2.54. The number of anilines is 1. The number of barbiturate groups is 1. The van der Waals surface area contributed by atoms with E-state index in [4.69, 9.17) is 11.6 Å². The van der Waals surface area contributed by atoms with E-state index >= 15 is 0 Å².